The van der Waals surface area contributed by atoms with Gasteiger partial charge in [0.1, 0.15) is 18.7 Å². The molecule has 0 saturated carbocycles. The van der Waals surface area contributed by atoms with Crippen molar-refractivity contribution >= 4 is 18.0 Å². The molecule has 0 heterocycles. The van der Waals surface area contributed by atoms with E-state index >= 15 is 0 Å². The van der Waals surface area contributed by atoms with Crippen LogP contribution in [0.3, 0.4) is 0 Å². The molecule has 7 nitrogen and oxygen atoms in total. The van der Waals surface area contributed by atoms with Crippen molar-refractivity contribution in [2.45, 2.75) is 51.8 Å². The normalized spacial score (nSPS) is 12.6. The van der Waals surface area contributed by atoms with E-state index in [2.05, 4.69) is 17.2 Å². The predicted molar refractivity (Wildman–Crippen MR) is 106 cm³/mol. The standard InChI is InChI=1S/C21H30N2O5/c1-5-6-12-17(20(25)27-4)22-19(24)18(13-15(2)3)23-21(26)28-14-16-10-8-7-9-11-16/h5,7-11,15,17-18H,1,6,12-14H2,2-4H3,(H,22,24)(H,23,26)/t17-,18-/m0/s1. The molecule has 1 rings (SSSR count). The van der Waals surface area contributed by atoms with E-state index in [0.29, 0.717) is 19.3 Å². The number of amides is 2. The van der Waals surface area contributed by atoms with Crippen LogP contribution in [0.2, 0.25) is 0 Å². The van der Waals surface area contributed by atoms with E-state index in [1.807, 2.05) is 44.2 Å². The number of benzene rings is 1. The lowest BCUT2D eigenvalue weighted by molar-refractivity contribution is -0.145. The van der Waals surface area contributed by atoms with Crippen molar-refractivity contribution in [2.75, 3.05) is 7.11 Å². The Morgan fingerprint density at radius 1 is 1.11 bits per heavy atom. The second-order valence-corrected chi connectivity index (χ2v) is 6.84. The molecular formula is C21H30N2O5. The molecule has 28 heavy (non-hydrogen) atoms. The van der Waals surface area contributed by atoms with Crippen LogP contribution >= 0.6 is 0 Å². The molecule has 0 saturated heterocycles. The van der Waals surface area contributed by atoms with Gasteiger partial charge in [-0.1, -0.05) is 50.3 Å². The Balaban J connectivity index is 2.70. The number of alkyl carbamates (subject to hydrolysis) is 1. The van der Waals surface area contributed by atoms with E-state index in [1.54, 1.807) is 6.08 Å². The van der Waals surface area contributed by atoms with Crippen LogP contribution in [0.4, 0.5) is 4.79 Å². The Kier molecular flexibility index (Phi) is 10.4. The maximum Gasteiger partial charge on any atom is 0.408 e. The number of methoxy groups -OCH3 is 1. The van der Waals surface area contributed by atoms with Crippen molar-refractivity contribution in [2.24, 2.45) is 5.92 Å². The second-order valence-electron chi connectivity index (χ2n) is 6.84. The summed E-state index contributed by atoms with van der Waals surface area (Å²) in [5.41, 5.74) is 0.845. The Hall–Kier alpha value is -2.83. The molecule has 2 N–H and O–H groups in total. The highest BCUT2D eigenvalue weighted by Crippen LogP contribution is 2.08. The summed E-state index contributed by atoms with van der Waals surface area (Å²) in [6, 6.07) is 7.63. The van der Waals surface area contributed by atoms with Crippen LogP contribution in [-0.2, 0) is 25.7 Å². The summed E-state index contributed by atoms with van der Waals surface area (Å²) in [6.45, 7) is 7.60. The first-order valence-corrected chi connectivity index (χ1v) is 9.33. The van der Waals surface area contributed by atoms with Crippen molar-refractivity contribution in [1.82, 2.24) is 10.6 Å². The fourth-order valence-electron chi connectivity index (χ4n) is 2.56. The van der Waals surface area contributed by atoms with Crippen LogP contribution in [0.25, 0.3) is 0 Å². The summed E-state index contributed by atoms with van der Waals surface area (Å²) in [5.74, 6) is -0.843. The molecule has 0 fully saturated rings. The molecule has 0 aliphatic rings. The van der Waals surface area contributed by atoms with Crippen LogP contribution in [0.1, 0.15) is 38.7 Å². The first kappa shape index (κ1) is 23.2. The minimum Gasteiger partial charge on any atom is -0.467 e. The minimum absolute atomic E-state index is 0.104. The molecular weight excluding hydrogens is 360 g/mol. The van der Waals surface area contributed by atoms with Gasteiger partial charge in [0.05, 0.1) is 7.11 Å². The lowest BCUT2D eigenvalue weighted by Gasteiger charge is -2.23. The number of carbonyl (C=O) groups is 3. The van der Waals surface area contributed by atoms with Gasteiger partial charge < -0.3 is 20.1 Å². The van der Waals surface area contributed by atoms with E-state index in [-0.39, 0.29) is 12.5 Å². The Labute approximate surface area is 166 Å². The summed E-state index contributed by atoms with van der Waals surface area (Å²) < 4.78 is 9.93. The summed E-state index contributed by atoms with van der Waals surface area (Å²) >= 11 is 0. The van der Waals surface area contributed by atoms with Gasteiger partial charge in [0.15, 0.2) is 0 Å². The monoisotopic (exact) mass is 390 g/mol. The predicted octanol–water partition coefficient (Wildman–Crippen LogP) is 2.95. The van der Waals surface area contributed by atoms with Crippen LogP contribution in [0.15, 0.2) is 43.0 Å². The molecule has 1 aromatic carbocycles. The fraction of sp³-hybridized carbons (Fsp3) is 0.476. The van der Waals surface area contributed by atoms with E-state index in [9.17, 15) is 14.4 Å². The largest absolute Gasteiger partial charge is 0.467 e. The number of nitrogens with one attached hydrogen (secondary N) is 2. The van der Waals surface area contributed by atoms with Gasteiger partial charge in [-0.2, -0.15) is 0 Å². The fourth-order valence-corrected chi connectivity index (χ4v) is 2.56. The maximum absolute atomic E-state index is 12.7. The van der Waals surface area contributed by atoms with Crippen LogP contribution in [0.5, 0.6) is 0 Å². The third-order valence-electron chi connectivity index (χ3n) is 3.99. The first-order valence-electron chi connectivity index (χ1n) is 9.33. The van der Waals surface area contributed by atoms with Gasteiger partial charge in [-0.05, 0) is 30.7 Å². The first-order chi connectivity index (χ1) is 13.4. The maximum atomic E-state index is 12.7. The molecule has 0 unspecified atom stereocenters. The molecule has 0 spiro atoms. The molecule has 2 atom stereocenters. The van der Waals surface area contributed by atoms with E-state index in [1.165, 1.54) is 7.11 Å². The van der Waals surface area contributed by atoms with Gasteiger partial charge in [0.2, 0.25) is 5.91 Å². The third-order valence-corrected chi connectivity index (χ3v) is 3.99. The quantitative estimate of drug-likeness (QED) is 0.448. The van der Waals surface area contributed by atoms with Gasteiger partial charge in [-0.25, -0.2) is 9.59 Å². The highest BCUT2D eigenvalue weighted by Gasteiger charge is 2.27. The average molecular weight is 390 g/mol. The zero-order chi connectivity index (χ0) is 20.9. The highest BCUT2D eigenvalue weighted by atomic mass is 16.5. The zero-order valence-electron chi connectivity index (χ0n) is 16.8. The Morgan fingerprint density at radius 3 is 2.36 bits per heavy atom. The van der Waals surface area contributed by atoms with E-state index < -0.39 is 30.1 Å². The average Bonchev–Trinajstić information content (AvgIpc) is 2.68. The summed E-state index contributed by atoms with van der Waals surface area (Å²) in [7, 11) is 1.26. The number of hydrogen-bond donors (Lipinski definition) is 2. The number of carbonyl (C=O) groups excluding carboxylic acids is 3. The van der Waals surface area contributed by atoms with Gasteiger partial charge >= 0.3 is 12.1 Å². The van der Waals surface area contributed by atoms with Crippen molar-refractivity contribution in [1.29, 1.82) is 0 Å². The molecule has 0 aliphatic heterocycles. The molecule has 154 valence electrons. The number of esters is 1. The molecule has 1 aromatic rings. The van der Waals surface area contributed by atoms with E-state index in [4.69, 9.17) is 9.47 Å². The van der Waals surface area contributed by atoms with Crippen molar-refractivity contribution in [3.63, 3.8) is 0 Å². The van der Waals surface area contributed by atoms with Gasteiger partial charge in [-0.3, -0.25) is 4.79 Å². The number of ether oxygens (including phenoxy) is 2. The highest BCUT2D eigenvalue weighted by molar-refractivity contribution is 5.89. The van der Waals surface area contributed by atoms with Gasteiger partial charge in [0, 0.05) is 0 Å². The van der Waals surface area contributed by atoms with E-state index in [0.717, 1.165) is 5.56 Å². The summed E-state index contributed by atoms with van der Waals surface area (Å²) in [6.07, 6.45) is 2.29. The lowest BCUT2D eigenvalue weighted by Crippen LogP contribution is -2.52. The van der Waals surface area contributed by atoms with Crippen molar-refractivity contribution in [3.8, 4) is 0 Å². The molecule has 0 bridgehead atoms. The number of allylic oxidation sites excluding steroid dienone is 1. The SMILES string of the molecule is C=CCC[C@H](NC(=O)[C@H](CC(C)C)NC(=O)OCc1ccccc1)C(=O)OC. The van der Waals surface area contributed by atoms with Gasteiger partial charge in [-0.15, -0.1) is 6.58 Å². The number of hydrogen-bond acceptors (Lipinski definition) is 5. The molecule has 0 aliphatic carbocycles. The van der Waals surface area contributed by atoms with Crippen LogP contribution in [-0.4, -0.2) is 37.2 Å². The number of rotatable bonds is 11. The minimum atomic E-state index is -0.820. The van der Waals surface area contributed by atoms with Gasteiger partial charge in [0.25, 0.3) is 0 Å². The third kappa shape index (κ3) is 8.70. The molecule has 0 radical (unpaired) electrons. The van der Waals surface area contributed by atoms with Crippen molar-refractivity contribution in [3.05, 3.63) is 48.6 Å². The summed E-state index contributed by atoms with van der Waals surface area (Å²) in [5, 5.41) is 5.25. The lowest BCUT2D eigenvalue weighted by atomic mass is 10.0. The van der Waals surface area contributed by atoms with Crippen molar-refractivity contribution < 1.29 is 23.9 Å². The molecule has 0 aromatic heterocycles. The smallest absolute Gasteiger partial charge is 0.408 e. The Morgan fingerprint density at radius 2 is 1.79 bits per heavy atom. The Bertz CT molecular complexity index is 645. The topological polar surface area (TPSA) is 93.7 Å². The van der Waals surface area contributed by atoms with Crippen LogP contribution < -0.4 is 10.6 Å². The second kappa shape index (κ2) is 12.5. The molecule has 7 heteroatoms. The zero-order valence-corrected chi connectivity index (χ0v) is 16.8. The summed E-state index contributed by atoms with van der Waals surface area (Å²) in [4.78, 5) is 36.7. The molecule has 2 amide bonds. The van der Waals surface area contributed by atoms with Crippen LogP contribution in [0, 0.1) is 5.92 Å².